The van der Waals surface area contributed by atoms with E-state index in [1.54, 1.807) is 0 Å². The Morgan fingerprint density at radius 3 is 2.90 bits per heavy atom. The molecule has 1 aliphatic heterocycles. The van der Waals surface area contributed by atoms with Crippen molar-refractivity contribution in [1.82, 2.24) is 9.55 Å². The summed E-state index contributed by atoms with van der Waals surface area (Å²) in [6.45, 7) is 1.37. The fraction of sp³-hybridized carbons (Fsp3) is 0.600. The predicted molar refractivity (Wildman–Crippen MR) is 76.3 cm³/mol. The van der Waals surface area contributed by atoms with Crippen LogP contribution in [-0.2, 0) is 13.8 Å². The third kappa shape index (κ3) is 3.46. The molecule has 1 aromatic heterocycles. The largest absolute Gasteiger partial charge is 0.391 e. The zero-order valence-corrected chi connectivity index (χ0v) is 12.8. The lowest BCUT2D eigenvalue weighted by Crippen LogP contribution is -2.37. The number of hydrogen-bond donors (Lipinski definition) is 3. The van der Waals surface area contributed by atoms with E-state index in [0.29, 0.717) is 0 Å². The van der Waals surface area contributed by atoms with Gasteiger partial charge in [0.1, 0.15) is 18.0 Å². The highest BCUT2D eigenvalue weighted by Gasteiger charge is 2.49. The number of thiol groups is 1. The molecular weight excluding hydrogens is 324 g/mol. The average molecular weight is 339 g/mol. The van der Waals surface area contributed by atoms with Crippen molar-refractivity contribution in [2.75, 3.05) is 5.73 Å². The van der Waals surface area contributed by atoms with Gasteiger partial charge in [-0.05, 0) is 13.0 Å². The first kappa shape index (κ1) is 16.4. The molecule has 0 radical (unpaired) electrons. The molecule has 0 aliphatic carbocycles. The van der Waals surface area contributed by atoms with Crippen LogP contribution in [0.25, 0.3) is 0 Å². The second-order valence-corrected chi connectivity index (χ2v) is 6.43. The molecule has 0 bridgehead atoms. The number of aliphatic hydroxyl groups excluding tert-OH is 1. The van der Waals surface area contributed by atoms with Gasteiger partial charge in [-0.1, -0.05) is 12.2 Å². The molecule has 0 spiro atoms. The van der Waals surface area contributed by atoms with Crippen molar-refractivity contribution in [1.29, 1.82) is 0 Å². The third-order valence-electron chi connectivity index (χ3n) is 3.04. The molecule has 11 heteroatoms. The van der Waals surface area contributed by atoms with E-state index in [1.807, 2.05) is 0 Å². The number of aromatic nitrogens is 2. The summed E-state index contributed by atoms with van der Waals surface area (Å²) < 4.78 is 36.7. The Labute approximate surface area is 125 Å². The van der Waals surface area contributed by atoms with E-state index < -0.39 is 43.6 Å². The zero-order chi connectivity index (χ0) is 15.7. The van der Waals surface area contributed by atoms with Crippen LogP contribution in [0.15, 0.2) is 17.1 Å². The summed E-state index contributed by atoms with van der Waals surface area (Å²) in [6, 6.07) is 1.31. The normalized spacial score (nSPS) is 32.0. The second kappa shape index (κ2) is 6.45. The van der Waals surface area contributed by atoms with Gasteiger partial charge in [0.25, 0.3) is 0 Å². The monoisotopic (exact) mass is 339 g/mol. The van der Waals surface area contributed by atoms with Gasteiger partial charge in [0, 0.05) is 6.20 Å². The quantitative estimate of drug-likeness (QED) is 0.528. The van der Waals surface area contributed by atoms with E-state index in [4.69, 9.17) is 15.0 Å². The fourth-order valence-corrected chi connectivity index (χ4v) is 2.99. The Kier molecular flexibility index (Phi) is 5.05. The molecular formula is C10H15FN3O5PS. The Morgan fingerprint density at radius 1 is 1.71 bits per heavy atom. The van der Waals surface area contributed by atoms with Crippen molar-refractivity contribution in [2.45, 2.75) is 37.6 Å². The van der Waals surface area contributed by atoms with Crippen LogP contribution >= 0.6 is 19.5 Å². The standard InChI is InChI=1S/C10H15FN3O5PS/c1-4(15)7-8(19-20(17)21)6(11)9(18-7)14-3-2-5(12)13-10(14)16/h2-4,6-9,15,20H,1H3,(H,17,21)(H2,12,13,16)/t4-,6?,7?,8?,9?/m1/s1. The number of hydrogen-bond acceptors (Lipinski definition) is 7. The highest BCUT2D eigenvalue weighted by Crippen LogP contribution is 2.41. The molecule has 1 saturated heterocycles. The molecule has 1 fully saturated rings. The summed E-state index contributed by atoms with van der Waals surface area (Å²) in [6.07, 6.45) is -5.43. The number of anilines is 1. The molecule has 0 aromatic carbocycles. The van der Waals surface area contributed by atoms with Crippen molar-refractivity contribution >= 4 is 25.3 Å². The maximum absolute atomic E-state index is 14.5. The van der Waals surface area contributed by atoms with E-state index >= 15 is 0 Å². The first-order chi connectivity index (χ1) is 9.81. The van der Waals surface area contributed by atoms with Crippen LogP contribution in [0.5, 0.6) is 0 Å². The molecule has 8 nitrogen and oxygen atoms in total. The van der Waals surface area contributed by atoms with Gasteiger partial charge in [0.15, 0.2) is 12.4 Å². The first-order valence-electron chi connectivity index (χ1n) is 6.03. The van der Waals surface area contributed by atoms with Crippen LogP contribution in [0.1, 0.15) is 13.2 Å². The summed E-state index contributed by atoms with van der Waals surface area (Å²) >= 11 is 3.60. The van der Waals surface area contributed by atoms with Crippen molar-refractivity contribution in [3.63, 3.8) is 0 Å². The number of rotatable bonds is 4. The molecule has 2 rings (SSSR count). The molecule has 1 aromatic rings. The van der Waals surface area contributed by atoms with E-state index in [2.05, 4.69) is 17.2 Å². The summed E-state index contributed by atoms with van der Waals surface area (Å²) in [4.78, 5) is 15.2. The Bertz CT molecular complexity index is 600. The minimum absolute atomic E-state index is 0.00931. The van der Waals surface area contributed by atoms with Crippen LogP contribution in [0.3, 0.4) is 0 Å². The van der Waals surface area contributed by atoms with Crippen molar-refractivity contribution in [3.8, 4) is 0 Å². The van der Waals surface area contributed by atoms with Crippen molar-refractivity contribution in [2.24, 2.45) is 0 Å². The number of nitrogens with two attached hydrogens (primary N) is 1. The van der Waals surface area contributed by atoms with E-state index in [-0.39, 0.29) is 5.82 Å². The summed E-state index contributed by atoms with van der Waals surface area (Å²) in [5.74, 6) is -0.00931. The van der Waals surface area contributed by atoms with Crippen LogP contribution < -0.4 is 11.4 Å². The number of alkyl halides is 1. The van der Waals surface area contributed by atoms with Gasteiger partial charge in [0.05, 0.1) is 6.10 Å². The van der Waals surface area contributed by atoms with Crippen LogP contribution in [-0.4, -0.2) is 39.1 Å². The molecule has 5 unspecified atom stereocenters. The maximum atomic E-state index is 14.5. The highest BCUT2D eigenvalue weighted by molar-refractivity contribution is 8.39. The first-order valence-corrected chi connectivity index (χ1v) is 8.63. The molecule has 118 valence electrons. The number of nitrogens with zero attached hydrogens (tertiary/aromatic N) is 2. The lowest BCUT2D eigenvalue weighted by Gasteiger charge is -2.20. The van der Waals surface area contributed by atoms with Gasteiger partial charge >= 0.3 is 5.69 Å². The molecule has 6 atom stereocenters. The van der Waals surface area contributed by atoms with E-state index in [9.17, 15) is 18.9 Å². The second-order valence-electron chi connectivity index (χ2n) is 4.57. The maximum Gasteiger partial charge on any atom is 0.351 e. The Hall–Kier alpha value is -0.930. The van der Waals surface area contributed by atoms with Crippen molar-refractivity contribution < 1.29 is 23.3 Å². The molecule has 1 aliphatic rings. The number of ether oxygens (including phenoxy) is 1. The minimum atomic E-state index is -2.75. The lowest BCUT2D eigenvalue weighted by molar-refractivity contribution is -0.0747. The summed E-state index contributed by atoms with van der Waals surface area (Å²) in [7, 11) is -2.75. The fourth-order valence-electron chi connectivity index (χ4n) is 2.13. The molecule has 2 heterocycles. The molecule has 0 saturated carbocycles. The van der Waals surface area contributed by atoms with Crippen LogP contribution in [0.4, 0.5) is 10.2 Å². The Morgan fingerprint density at radius 2 is 2.38 bits per heavy atom. The SMILES string of the molecule is C[C@@H](O)C1OC(n2ccc(N)nc2=O)C(F)C1O[PH](=O)S. The van der Waals surface area contributed by atoms with Crippen molar-refractivity contribution in [3.05, 3.63) is 22.7 Å². The average Bonchev–Trinajstić information content (AvgIpc) is 2.67. The summed E-state index contributed by atoms with van der Waals surface area (Å²) in [5, 5.41) is 9.62. The van der Waals surface area contributed by atoms with Gasteiger partial charge in [-0.2, -0.15) is 4.98 Å². The highest BCUT2D eigenvalue weighted by atomic mass is 32.7. The van der Waals surface area contributed by atoms with Gasteiger partial charge in [-0.25, -0.2) is 9.18 Å². The minimum Gasteiger partial charge on any atom is -0.391 e. The van der Waals surface area contributed by atoms with Gasteiger partial charge < -0.3 is 20.1 Å². The number of halogens is 1. The smallest absolute Gasteiger partial charge is 0.351 e. The zero-order valence-electron chi connectivity index (χ0n) is 10.9. The molecule has 0 amide bonds. The third-order valence-corrected chi connectivity index (χ3v) is 3.83. The van der Waals surface area contributed by atoms with Gasteiger partial charge in [0.2, 0.25) is 7.23 Å². The molecule has 21 heavy (non-hydrogen) atoms. The predicted octanol–water partition coefficient (Wildman–Crippen LogP) is 0.146. The lowest BCUT2D eigenvalue weighted by atomic mass is 10.1. The summed E-state index contributed by atoms with van der Waals surface area (Å²) in [5.41, 5.74) is 4.56. The van der Waals surface area contributed by atoms with Gasteiger partial charge in [-0.3, -0.25) is 9.13 Å². The topological polar surface area (TPSA) is 117 Å². The molecule has 3 N–H and O–H groups in total. The van der Waals surface area contributed by atoms with E-state index in [0.717, 1.165) is 4.57 Å². The van der Waals surface area contributed by atoms with Crippen LogP contribution in [0.2, 0.25) is 0 Å². The number of aliphatic hydroxyl groups is 1. The number of nitrogen functional groups attached to an aromatic ring is 1. The van der Waals surface area contributed by atoms with Gasteiger partial charge in [-0.15, -0.1) is 0 Å². The van der Waals surface area contributed by atoms with E-state index in [1.165, 1.54) is 19.2 Å². The Balaban J connectivity index is 2.33. The van der Waals surface area contributed by atoms with Crippen LogP contribution in [0, 0.1) is 0 Å².